The molecule has 1 N–H and O–H groups in total. The summed E-state index contributed by atoms with van der Waals surface area (Å²) in [7, 11) is 0. The first-order chi connectivity index (χ1) is 15.3. The van der Waals surface area contributed by atoms with Gasteiger partial charge in [-0.05, 0) is 50.1 Å². The Bertz CT molecular complexity index is 1350. The number of amides is 1. The predicted molar refractivity (Wildman–Crippen MR) is 114 cm³/mol. The van der Waals surface area contributed by atoms with Gasteiger partial charge in [-0.3, -0.25) is 9.59 Å². The molecule has 4 aromatic rings. The first-order valence-corrected chi connectivity index (χ1v) is 9.97. The van der Waals surface area contributed by atoms with Gasteiger partial charge in [-0.25, -0.2) is 18.3 Å². The summed E-state index contributed by atoms with van der Waals surface area (Å²) in [5.41, 5.74) is 3.94. The molecule has 164 valence electrons. The van der Waals surface area contributed by atoms with Crippen molar-refractivity contribution >= 4 is 34.1 Å². The van der Waals surface area contributed by atoms with Crippen LogP contribution in [0.25, 0.3) is 16.6 Å². The molecule has 0 saturated carbocycles. The maximum Gasteiger partial charge on any atom is 0.306 e. The van der Waals surface area contributed by atoms with Crippen LogP contribution in [0, 0.1) is 25.5 Å². The molecular weight excluding hydrogens is 418 g/mol. The van der Waals surface area contributed by atoms with Crippen LogP contribution in [-0.4, -0.2) is 33.1 Å². The monoisotopic (exact) mass is 438 g/mol. The van der Waals surface area contributed by atoms with Crippen molar-refractivity contribution in [3.05, 3.63) is 71.1 Å². The SMILES string of the molecule is Cc1nc2c3ccccc3nn2c(C)c1CCC(=O)OCC(=O)Nc1ccc(F)cc1F. The minimum atomic E-state index is -0.912. The summed E-state index contributed by atoms with van der Waals surface area (Å²) in [6.07, 6.45) is 0.400. The van der Waals surface area contributed by atoms with Crippen LogP contribution in [0.5, 0.6) is 0 Å². The molecule has 32 heavy (non-hydrogen) atoms. The molecule has 1 amide bonds. The lowest BCUT2D eigenvalue weighted by atomic mass is 10.1. The summed E-state index contributed by atoms with van der Waals surface area (Å²) in [5, 5.41) is 7.78. The van der Waals surface area contributed by atoms with Crippen molar-refractivity contribution in [3.8, 4) is 0 Å². The molecule has 0 spiro atoms. The van der Waals surface area contributed by atoms with Gasteiger partial charge in [-0.1, -0.05) is 12.1 Å². The molecule has 7 nitrogen and oxygen atoms in total. The van der Waals surface area contributed by atoms with Gasteiger partial charge in [0.05, 0.1) is 11.2 Å². The number of halogens is 2. The fourth-order valence-corrected chi connectivity index (χ4v) is 3.56. The summed E-state index contributed by atoms with van der Waals surface area (Å²) in [5.74, 6) is -2.97. The summed E-state index contributed by atoms with van der Waals surface area (Å²) in [6.45, 7) is 3.22. The Morgan fingerprint density at radius 3 is 2.69 bits per heavy atom. The van der Waals surface area contributed by atoms with Crippen molar-refractivity contribution in [2.45, 2.75) is 26.7 Å². The lowest BCUT2D eigenvalue weighted by Crippen LogP contribution is -2.21. The van der Waals surface area contributed by atoms with Gasteiger partial charge in [-0.2, -0.15) is 5.10 Å². The number of hydrogen-bond acceptors (Lipinski definition) is 5. The highest BCUT2D eigenvalue weighted by atomic mass is 19.1. The normalized spacial score (nSPS) is 11.1. The number of fused-ring (bicyclic) bond motifs is 3. The highest BCUT2D eigenvalue weighted by Gasteiger charge is 2.16. The zero-order chi connectivity index (χ0) is 22.8. The number of ether oxygens (including phenoxy) is 1. The Morgan fingerprint density at radius 2 is 1.91 bits per heavy atom. The van der Waals surface area contributed by atoms with E-state index in [0.717, 1.165) is 45.6 Å². The number of carbonyl (C=O) groups is 2. The molecule has 0 saturated heterocycles. The topological polar surface area (TPSA) is 85.6 Å². The number of hydrogen-bond donors (Lipinski definition) is 1. The third-order valence-electron chi connectivity index (χ3n) is 5.17. The van der Waals surface area contributed by atoms with E-state index in [1.165, 1.54) is 0 Å². The number of aryl methyl sites for hydroxylation is 2. The number of carbonyl (C=O) groups excluding carboxylic acids is 2. The Labute approximate surface area is 182 Å². The Balaban J connectivity index is 1.38. The molecule has 9 heteroatoms. The standard InChI is InChI=1S/C23H20F2N4O3/c1-13-16(14(2)29-23(26-13)17-5-3-4-6-19(17)28-29)8-10-22(31)32-12-21(30)27-20-9-7-15(24)11-18(20)25/h3-7,9,11H,8,10,12H2,1-2H3,(H,27,30). The fraction of sp³-hybridized carbons (Fsp3) is 0.217. The quantitative estimate of drug-likeness (QED) is 0.462. The molecule has 0 bridgehead atoms. The Morgan fingerprint density at radius 1 is 1.12 bits per heavy atom. The van der Waals surface area contributed by atoms with Crippen LogP contribution in [0.4, 0.5) is 14.5 Å². The van der Waals surface area contributed by atoms with E-state index in [2.05, 4.69) is 15.4 Å². The van der Waals surface area contributed by atoms with Gasteiger partial charge in [-0.15, -0.1) is 0 Å². The van der Waals surface area contributed by atoms with Crippen LogP contribution in [-0.2, 0) is 20.7 Å². The molecule has 0 aliphatic heterocycles. The van der Waals surface area contributed by atoms with Crippen molar-refractivity contribution in [3.63, 3.8) is 0 Å². The zero-order valence-electron chi connectivity index (χ0n) is 17.5. The molecule has 0 aliphatic rings. The fourth-order valence-electron chi connectivity index (χ4n) is 3.56. The Kier molecular flexibility index (Phi) is 5.81. The van der Waals surface area contributed by atoms with Gasteiger partial charge < -0.3 is 10.1 Å². The molecule has 0 aliphatic carbocycles. The minimum Gasteiger partial charge on any atom is -0.456 e. The van der Waals surface area contributed by atoms with Gasteiger partial charge >= 0.3 is 5.97 Å². The van der Waals surface area contributed by atoms with E-state index in [9.17, 15) is 18.4 Å². The second kappa shape index (κ2) is 8.70. The minimum absolute atomic E-state index is 0.0356. The highest BCUT2D eigenvalue weighted by molar-refractivity contribution is 5.93. The van der Waals surface area contributed by atoms with Gasteiger partial charge in [0.15, 0.2) is 12.3 Å². The summed E-state index contributed by atoms with van der Waals surface area (Å²) < 4.78 is 33.3. The molecule has 0 atom stereocenters. The summed E-state index contributed by atoms with van der Waals surface area (Å²) in [4.78, 5) is 28.7. The maximum atomic E-state index is 13.6. The first kappa shape index (κ1) is 21.4. The van der Waals surface area contributed by atoms with Gasteiger partial charge in [0, 0.05) is 29.3 Å². The average Bonchev–Trinajstić information content (AvgIpc) is 3.13. The summed E-state index contributed by atoms with van der Waals surface area (Å²) >= 11 is 0. The smallest absolute Gasteiger partial charge is 0.306 e. The van der Waals surface area contributed by atoms with Crippen LogP contribution in [0.15, 0.2) is 42.5 Å². The molecular formula is C23H20F2N4O3. The summed E-state index contributed by atoms with van der Waals surface area (Å²) in [6, 6.07) is 10.5. The van der Waals surface area contributed by atoms with Gasteiger partial charge in [0.1, 0.15) is 11.6 Å². The lowest BCUT2D eigenvalue weighted by Gasteiger charge is -2.11. The van der Waals surface area contributed by atoms with E-state index in [1.54, 1.807) is 4.52 Å². The molecule has 2 aromatic heterocycles. The van der Waals surface area contributed by atoms with Crippen LogP contribution >= 0.6 is 0 Å². The molecule has 2 heterocycles. The third-order valence-corrected chi connectivity index (χ3v) is 5.17. The lowest BCUT2D eigenvalue weighted by molar-refractivity contribution is -0.147. The van der Waals surface area contributed by atoms with E-state index in [-0.39, 0.29) is 12.1 Å². The van der Waals surface area contributed by atoms with E-state index < -0.39 is 30.1 Å². The second-order valence-corrected chi connectivity index (χ2v) is 7.35. The Hall–Kier alpha value is -3.88. The van der Waals surface area contributed by atoms with Crippen molar-refractivity contribution in [2.75, 3.05) is 11.9 Å². The van der Waals surface area contributed by atoms with E-state index in [1.807, 2.05) is 38.1 Å². The van der Waals surface area contributed by atoms with E-state index in [0.29, 0.717) is 12.5 Å². The highest BCUT2D eigenvalue weighted by Crippen LogP contribution is 2.23. The van der Waals surface area contributed by atoms with Crippen molar-refractivity contribution in [1.29, 1.82) is 0 Å². The number of nitrogens with one attached hydrogen (secondary N) is 1. The van der Waals surface area contributed by atoms with Crippen molar-refractivity contribution in [2.24, 2.45) is 0 Å². The molecule has 0 radical (unpaired) electrons. The van der Waals surface area contributed by atoms with E-state index in [4.69, 9.17) is 4.74 Å². The van der Waals surface area contributed by atoms with Crippen LogP contribution in [0.2, 0.25) is 0 Å². The second-order valence-electron chi connectivity index (χ2n) is 7.35. The van der Waals surface area contributed by atoms with Gasteiger partial charge in [0.25, 0.3) is 5.91 Å². The zero-order valence-corrected chi connectivity index (χ0v) is 17.5. The molecule has 0 fully saturated rings. The van der Waals surface area contributed by atoms with Crippen molar-refractivity contribution in [1.82, 2.24) is 14.6 Å². The average molecular weight is 438 g/mol. The van der Waals surface area contributed by atoms with Gasteiger partial charge in [0.2, 0.25) is 0 Å². The molecule has 2 aromatic carbocycles. The number of rotatable bonds is 6. The van der Waals surface area contributed by atoms with E-state index >= 15 is 0 Å². The van der Waals surface area contributed by atoms with Crippen LogP contribution < -0.4 is 5.32 Å². The predicted octanol–water partition coefficient (Wildman–Crippen LogP) is 3.89. The molecule has 0 unspecified atom stereocenters. The number of esters is 1. The van der Waals surface area contributed by atoms with Crippen LogP contribution in [0.3, 0.4) is 0 Å². The van der Waals surface area contributed by atoms with Crippen LogP contribution in [0.1, 0.15) is 23.4 Å². The number of benzene rings is 2. The molecule has 4 rings (SSSR count). The number of nitrogens with zero attached hydrogens (tertiary/aromatic N) is 3. The van der Waals surface area contributed by atoms with Crippen molar-refractivity contribution < 1.29 is 23.1 Å². The largest absolute Gasteiger partial charge is 0.456 e. The maximum absolute atomic E-state index is 13.6. The third kappa shape index (κ3) is 4.27. The number of aromatic nitrogens is 3. The first-order valence-electron chi connectivity index (χ1n) is 9.97. The number of anilines is 1.